The molecule has 5 nitrogen and oxygen atoms in total. The molecule has 1 amide bonds. The Balaban J connectivity index is 1.24. The van der Waals surface area contributed by atoms with Crippen LogP contribution in [0.5, 0.6) is 0 Å². The number of carbonyl (C=O) groups excluding carboxylic acids is 1. The summed E-state index contributed by atoms with van der Waals surface area (Å²) < 4.78 is 2.38. The van der Waals surface area contributed by atoms with E-state index in [0.717, 1.165) is 55.3 Å². The molecule has 34 heavy (non-hydrogen) atoms. The highest BCUT2D eigenvalue weighted by Crippen LogP contribution is 2.26. The Kier molecular flexibility index (Phi) is 6.93. The molecule has 1 N–H and O–H groups in total. The molecular formula is C28H29ClN4O. The molecule has 174 valence electrons. The van der Waals surface area contributed by atoms with Crippen LogP contribution in [0.3, 0.4) is 0 Å². The van der Waals surface area contributed by atoms with Gasteiger partial charge in [-0.05, 0) is 67.2 Å². The van der Waals surface area contributed by atoms with E-state index in [9.17, 15) is 4.79 Å². The van der Waals surface area contributed by atoms with Gasteiger partial charge in [-0.25, -0.2) is 0 Å². The maximum atomic E-state index is 12.7. The second-order valence-electron chi connectivity index (χ2n) is 8.96. The maximum absolute atomic E-state index is 12.7. The SMILES string of the molecule is O=C(NCc1ccccn1)C1CCN(Cc2cc3ccccc3n2Cc2ccccc2Cl)CC1. The number of amides is 1. The summed E-state index contributed by atoms with van der Waals surface area (Å²) in [6.45, 7) is 3.92. The van der Waals surface area contributed by atoms with Crippen molar-refractivity contribution < 1.29 is 4.79 Å². The number of rotatable bonds is 7. The smallest absolute Gasteiger partial charge is 0.223 e. The van der Waals surface area contributed by atoms with Gasteiger partial charge in [0.1, 0.15) is 0 Å². The van der Waals surface area contributed by atoms with E-state index in [2.05, 4.69) is 56.2 Å². The summed E-state index contributed by atoms with van der Waals surface area (Å²) in [7, 11) is 0. The average Bonchev–Trinajstić information content (AvgIpc) is 3.21. The number of piperidine rings is 1. The quantitative estimate of drug-likeness (QED) is 0.399. The van der Waals surface area contributed by atoms with Gasteiger partial charge in [-0.15, -0.1) is 0 Å². The lowest BCUT2D eigenvalue weighted by Crippen LogP contribution is -2.40. The second kappa shape index (κ2) is 10.4. The summed E-state index contributed by atoms with van der Waals surface area (Å²) in [6, 6.07) is 24.6. The molecule has 4 aromatic rings. The lowest BCUT2D eigenvalue weighted by atomic mass is 9.95. The van der Waals surface area contributed by atoms with Gasteiger partial charge < -0.3 is 9.88 Å². The molecule has 0 aliphatic carbocycles. The van der Waals surface area contributed by atoms with Crippen LogP contribution in [0.25, 0.3) is 10.9 Å². The van der Waals surface area contributed by atoms with Gasteiger partial charge in [-0.1, -0.05) is 54.1 Å². The first-order valence-electron chi connectivity index (χ1n) is 11.9. The maximum Gasteiger partial charge on any atom is 0.223 e. The average molecular weight is 473 g/mol. The van der Waals surface area contributed by atoms with Crippen molar-refractivity contribution in [3.05, 3.63) is 101 Å². The molecule has 1 aliphatic heterocycles. The first-order chi connectivity index (χ1) is 16.7. The minimum absolute atomic E-state index is 0.0638. The minimum atomic E-state index is 0.0638. The van der Waals surface area contributed by atoms with E-state index in [0.29, 0.717) is 6.54 Å². The topological polar surface area (TPSA) is 50.2 Å². The van der Waals surface area contributed by atoms with Crippen molar-refractivity contribution in [1.29, 1.82) is 0 Å². The minimum Gasteiger partial charge on any atom is -0.350 e. The predicted molar refractivity (Wildman–Crippen MR) is 137 cm³/mol. The Morgan fingerprint density at radius 3 is 2.53 bits per heavy atom. The van der Waals surface area contributed by atoms with Crippen LogP contribution in [0.15, 0.2) is 79.0 Å². The third kappa shape index (κ3) is 5.16. The van der Waals surface area contributed by atoms with Crippen molar-refractivity contribution in [2.24, 2.45) is 5.92 Å². The van der Waals surface area contributed by atoms with Gasteiger partial charge in [0, 0.05) is 41.4 Å². The molecule has 5 rings (SSSR count). The van der Waals surface area contributed by atoms with Crippen LogP contribution in [0, 0.1) is 5.92 Å². The number of hydrogen-bond donors (Lipinski definition) is 1. The Morgan fingerprint density at radius 2 is 1.74 bits per heavy atom. The molecule has 2 aromatic heterocycles. The van der Waals surface area contributed by atoms with Crippen molar-refractivity contribution in [2.45, 2.75) is 32.5 Å². The molecule has 6 heteroatoms. The Labute approximate surface area is 205 Å². The van der Waals surface area contributed by atoms with Crippen molar-refractivity contribution in [3.8, 4) is 0 Å². The van der Waals surface area contributed by atoms with E-state index >= 15 is 0 Å². The number of benzene rings is 2. The number of nitrogens with zero attached hydrogens (tertiary/aromatic N) is 3. The summed E-state index contributed by atoms with van der Waals surface area (Å²) in [5.74, 6) is 0.201. The van der Waals surface area contributed by atoms with E-state index in [1.165, 1.54) is 16.6 Å². The Hall–Kier alpha value is -3.15. The zero-order valence-corrected chi connectivity index (χ0v) is 19.9. The van der Waals surface area contributed by atoms with Crippen molar-refractivity contribution >= 4 is 28.4 Å². The molecule has 0 atom stereocenters. The number of para-hydroxylation sites is 1. The number of aromatic nitrogens is 2. The van der Waals surface area contributed by atoms with Crippen LogP contribution >= 0.6 is 11.6 Å². The van der Waals surface area contributed by atoms with E-state index < -0.39 is 0 Å². The first kappa shape index (κ1) is 22.6. The number of carbonyl (C=O) groups is 1. The number of pyridine rings is 1. The molecule has 1 fully saturated rings. The molecule has 0 saturated carbocycles. The lowest BCUT2D eigenvalue weighted by molar-refractivity contribution is -0.126. The van der Waals surface area contributed by atoms with Gasteiger partial charge in [0.25, 0.3) is 0 Å². The van der Waals surface area contributed by atoms with Gasteiger partial charge in [-0.2, -0.15) is 0 Å². The zero-order chi connectivity index (χ0) is 23.3. The van der Waals surface area contributed by atoms with Crippen LogP contribution in [-0.4, -0.2) is 33.4 Å². The van der Waals surface area contributed by atoms with E-state index in [1.54, 1.807) is 6.20 Å². The molecule has 1 saturated heterocycles. The van der Waals surface area contributed by atoms with E-state index in [4.69, 9.17) is 11.6 Å². The summed E-state index contributed by atoms with van der Waals surface area (Å²) in [4.78, 5) is 19.4. The summed E-state index contributed by atoms with van der Waals surface area (Å²) >= 11 is 6.48. The molecule has 3 heterocycles. The van der Waals surface area contributed by atoms with Crippen LogP contribution in [0.1, 0.15) is 29.8 Å². The highest BCUT2D eigenvalue weighted by atomic mass is 35.5. The van der Waals surface area contributed by atoms with E-state index in [-0.39, 0.29) is 11.8 Å². The predicted octanol–water partition coefficient (Wildman–Crippen LogP) is 5.27. The number of likely N-dealkylation sites (tertiary alicyclic amines) is 1. The molecule has 0 spiro atoms. The molecule has 2 aromatic carbocycles. The van der Waals surface area contributed by atoms with Crippen molar-refractivity contribution in [2.75, 3.05) is 13.1 Å². The normalized spacial score (nSPS) is 15.0. The Bertz CT molecular complexity index is 1260. The van der Waals surface area contributed by atoms with Gasteiger partial charge >= 0.3 is 0 Å². The molecule has 0 unspecified atom stereocenters. The van der Waals surface area contributed by atoms with Gasteiger partial charge in [0.05, 0.1) is 12.2 Å². The summed E-state index contributed by atoms with van der Waals surface area (Å²) in [6.07, 6.45) is 3.50. The molecular weight excluding hydrogens is 444 g/mol. The fourth-order valence-corrected chi connectivity index (χ4v) is 4.98. The van der Waals surface area contributed by atoms with Gasteiger partial charge in [0.2, 0.25) is 5.91 Å². The lowest BCUT2D eigenvalue weighted by Gasteiger charge is -2.31. The third-order valence-corrected chi connectivity index (χ3v) is 7.07. The number of hydrogen-bond acceptors (Lipinski definition) is 3. The summed E-state index contributed by atoms with van der Waals surface area (Å²) in [5, 5.41) is 5.10. The first-order valence-corrected chi connectivity index (χ1v) is 12.3. The number of nitrogens with one attached hydrogen (secondary N) is 1. The second-order valence-corrected chi connectivity index (χ2v) is 9.37. The fourth-order valence-electron chi connectivity index (χ4n) is 4.79. The fraction of sp³-hybridized carbons (Fsp3) is 0.286. The molecule has 0 bridgehead atoms. The standard InChI is InChI=1S/C28H29ClN4O/c29-26-10-3-1-8-23(26)19-33-25(17-22-7-2-4-11-27(22)33)20-32-15-12-21(13-16-32)28(34)31-18-24-9-5-6-14-30-24/h1-11,14,17,21H,12-13,15-16,18-20H2,(H,31,34). The van der Waals surface area contributed by atoms with Gasteiger partial charge in [0.15, 0.2) is 0 Å². The number of halogens is 1. The van der Waals surface area contributed by atoms with Crippen LogP contribution in [0.2, 0.25) is 5.02 Å². The van der Waals surface area contributed by atoms with Crippen LogP contribution in [-0.2, 0) is 24.4 Å². The Morgan fingerprint density at radius 1 is 0.971 bits per heavy atom. The zero-order valence-electron chi connectivity index (χ0n) is 19.2. The number of fused-ring (bicyclic) bond motifs is 1. The highest BCUT2D eigenvalue weighted by Gasteiger charge is 2.25. The van der Waals surface area contributed by atoms with Crippen LogP contribution in [0.4, 0.5) is 0 Å². The van der Waals surface area contributed by atoms with Crippen molar-refractivity contribution in [1.82, 2.24) is 19.8 Å². The third-order valence-electron chi connectivity index (χ3n) is 6.70. The molecule has 0 radical (unpaired) electrons. The van der Waals surface area contributed by atoms with Crippen molar-refractivity contribution in [3.63, 3.8) is 0 Å². The van der Waals surface area contributed by atoms with E-state index in [1.807, 2.05) is 36.4 Å². The molecule has 1 aliphatic rings. The van der Waals surface area contributed by atoms with Gasteiger partial charge in [-0.3, -0.25) is 14.7 Å². The highest BCUT2D eigenvalue weighted by molar-refractivity contribution is 6.31. The summed E-state index contributed by atoms with van der Waals surface area (Å²) in [5.41, 5.74) is 4.51. The van der Waals surface area contributed by atoms with Crippen LogP contribution < -0.4 is 5.32 Å². The largest absolute Gasteiger partial charge is 0.350 e. The monoisotopic (exact) mass is 472 g/mol.